The second-order valence-electron chi connectivity index (χ2n) is 3.79. The first kappa shape index (κ1) is 15.5. The van der Waals surface area contributed by atoms with Crippen molar-refractivity contribution in [1.82, 2.24) is 4.72 Å². The summed E-state index contributed by atoms with van der Waals surface area (Å²) in [6, 6.07) is 8.51. The number of sulfonamides is 1. The van der Waals surface area contributed by atoms with E-state index < -0.39 is 25.7 Å². The quantitative estimate of drug-likeness (QED) is 0.894. The number of benzene rings is 1. The van der Waals surface area contributed by atoms with Crippen molar-refractivity contribution in [2.75, 3.05) is 5.88 Å². The average Bonchev–Trinajstić information content (AvgIpc) is 2.92. The van der Waals surface area contributed by atoms with Gasteiger partial charge < -0.3 is 0 Å². The average molecular weight is 352 g/mol. The van der Waals surface area contributed by atoms with Crippen LogP contribution in [0.5, 0.6) is 0 Å². The highest BCUT2D eigenvalue weighted by Crippen LogP contribution is 2.17. The zero-order chi connectivity index (χ0) is 14.8. The summed E-state index contributed by atoms with van der Waals surface area (Å²) in [5, 5.41) is 2.01. The Bertz CT molecular complexity index is 781. The van der Waals surface area contributed by atoms with Crippen LogP contribution in [0.25, 0.3) is 0 Å². The third kappa shape index (κ3) is 3.58. The lowest BCUT2D eigenvalue weighted by Crippen LogP contribution is -2.29. The number of thiophene rings is 1. The van der Waals surface area contributed by atoms with Crippen LogP contribution in [0.15, 0.2) is 50.9 Å². The van der Waals surface area contributed by atoms with Crippen LogP contribution in [0.3, 0.4) is 0 Å². The smallest absolute Gasteiger partial charge is 0.222 e. The molecule has 1 aromatic carbocycles. The largest absolute Gasteiger partial charge is 0.250 e. The van der Waals surface area contributed by atoms with Gasteiger partial charge >= 0.3 is 0 Å². The molecule has 2 aromatic rings. The van der Waals surface area contributed by atoms with Gasteiger partial charge in [-0.25, -0.2) is 16.8 Å². The number of nitrogens with one attached hydrogen (secondary N) is 1. The maximum atomic E-state index is 12.0. The lowest BCUT2D eigenvalue weighted by atomic mass is 10.4. The maximum absolute atomic E-state index is 12.0. The van der Waals surface area contributed by atoms with Gasteiger partial charge in [-0.2, -0.15) is 4.72 Å². The third-order valence-electron chi connectivity index (χ3n) is 2.37. The minimum absolute atomic E-state index is 0.00998. The van der Waals surface area contributed by atoms with E-state index >= 15 is 0 Å². The van der Waals surface area contributed by atoms with Crippen molar-refractivity contribution in [2.45, 2.75) is 9.10 Å². The van der Waals surface area contributed by atoms with Gasteiger partial charge in [0, 0.05) is 5.02 Å². The van der Waals surface area contributed by atoms with Gasteiger partial charge in [0.25, 0.3) is 10.0 Å². The van der Waals surface area contributed by atoms with Crippen LogP contribution in [0, 0.1) is 0 Å². The van der Waals surface area contributed by atoms with Gasteiger partial charge in [0.2, 0.25) is 0 Å². The summed E-state index contributed by atoms with van der Waals surface area (Å²) < 4.78 is 49.8. The predicted molar refractivity (Wildman–Crippen MR) is 78.1 cm³/mol. The molecular weight excluding hydrogens is 342 g/mol. The number of halogens is 1. The summed E-state index contributed by atoms with van der Waals surface area (Å²) in [5.41, 5.74) is 0. The molecule has 0 aliphatic rings. The van der Waals surface area contributed by atoms with E-state index in [1.54, 1.807) is 11.4 Å². The second-order valence-corrected chi connectivity index (χ2v) is 9.16. The molecule has 1 aromatic heterocycles. The molecule has 0 saturated carbocycles. The highest BCUT2D eigenvalue weighted by molar-refractivity contribution is 7.94. The zero-order valence-corrected chi connectivity index (χ0v) is 13.2. The van der Waals surface area contributed by atoms with Gasteiger partial charge in [0.15, 0.2) is 9.84 Å². The standard InChI is InChI=1S/C11H10ClNO4S3/c12-9-3-5-10(6-4-9)19(14,15)8-13-20(16,17)11-2-1-7-18-11/h1-7,13H,8H2. The summed E-state index contributed by atoms with van der Waals surface area (Å²) in [7, 11) is -7.55. The summed E-state index contributed by atoms with van der Waals surface area (Å²) in [4.78, 5) is 0.00998. The van der Waals surface area contributed by atoms with Crippen molar-refractivity contribution in [1.29, 1.82) is 0 Å². The third-order valence-corrected chi connectivity index (χ3v) is 7.12. The topological polar surface area (TPSA) is 80.3 Å². The van der Waals surface area contributed by atoms with E-state index in [0.717, 1.165) is 11.3 Å². The summed E-state index contributed by atoms with van der Waals surface area (Å²) in [6.45, 7) is 0. The highest BCUT2D eigenvalue weighted by Gasteiger charge is 2.21. The molecule has 0 radical (unpaired) electrons. The summed E-state index contributed by atoms with van der Waals surface area (Å²) >= 11 is 6.69. The Balaban J connectivity index is 2.16. The first-order valence-corrected chi connectivity index (χ1v) is 9.72. The van der Waals surface area contributed by atoms with E-state index in [2.05, 4.69) is 4.72 Å². The Morgan fingerprint density at radius 1 is 1.05 bits per heavy atom. The zero-order valence-electron chi connectivity index (χ0n) is 9.98. The van der Waals surface area contributed by atoms with Crippen LogP contribution in [0.2, 0.25) is 5.02 Å². The monoisotopic (exact) mass is 351 g/mol. The lowest BCUT2D eigenvalue weighted by Gasteiger charge is -2.06. The van der Waals surface area contributed by atoms with Crippen LogP contribution in [0.4, 0.5) is 0 Å². The molecule has 0 fully saturated rings. The SMILES string of the molecule is O=S(=O)(CNS(=O)(=O)c1cccs1)c1ccc(Cl)cc1. The molecule has 0 aliphatic heterocycles. The van der Waals surface area contributed by atoms with E-state index in [9.17, 15) is 16.8 Å². The van der Waals surface area contributed by atoms with E-state index in [1.165, 1.54) is 30.3 Å². The molecule has 0 unspecified atom stereocenters. The molecule has 108 valence electrons. The maximum Gasteiger partial charge on any atom is 0.250 e. The normalized spacial score (nSPS) is 12.4. The molecular formula is C11H10ClNO4S3. The number of rotatable bonds is 5. The Morgan fingerprint density at radius 2 is 1.70 bits per heavy atom. The molecule has 0 atom stereocenters. The summed E-state index contributed by atoms with van der Waals surface area (Å²) in [5.74, 6) is -0.700. The Labute approximate surface area is 126 Å². The minimum atomic E-state index is -3.80. The molecule has 1 N–H and O–H groups in total. The number of hydrogen-bond acceptors (Lipinski definition) is 5. The number of sulfone groups is 1. The molecule has 1 heterocycles. The van der Waals surface area contributed by atoms with Crippen LogP contribution >= 0.6 is 22.9 Å². The molecule has 0 saturated heterocycles. The van der Waals surface area contributed by atoms with Gasteiger partial charge in [0.05, 0.1) is 4.90 Å². The molecule has 5 nitrogen and oxygen atoms in total. The first-order chi connectivity index (χ1) is 9.31. The summed E-state index contributed by atoms with van der Waals surface area (Å²) in [6.07, 6.45) is 0. The fourth-order valence-electron chi connectivity index (χ4n) is 1.37. The Kier molecular flexibility index (Phi) is 4.50. The highest BCUT2D eigenvalue weighted by atomic mass is 35.5. The van der Waals surface area contributed by atoms with E-state index in [4.69, 9.17) is 11.6 Å². The van der Waals surface area contributed by atoms with E-state index in [-0.39, 0.29) is 9.10 Å². The molecule has 0 spiro atoms. The van der Waals surface area contributed by atoms with Crippen molar-refractivity contribution in [3.05, 3.63) is 46.8 Å². The van der Waals surface area contributed by atoms with Crippen molar-refractivity contribution in [3.63, 3.8) is 0 Å². The van der Waals surface area contributed by atoms with Crippen molar-refractivity contribution in [2.24, 2.45) is 0 Å². The molecule has 9 heteroatoms. The van der Waals surface area contributed by atoms with Crippen LogP contribution in [-0.4, -0.2) is 22.7 Å². The van der Waals surface area contributed by atoms with Gasteiger partial charge in [-0.15, -0.1) is 11.3 Å². The van der Waals surface area contributed by atoms with Crippen molar-refractivity contribution < 1.29 is 16.8 Å². The first-order valence-electron chi connectivity index (χ1n) is 5.33. The van der Waals surface area contributed by atoms with E-state index in [1.807, 2.05) is 0 Å². The predicted octanol–water partition coefficient (Wildman–Crippen LogP) is 2.11. The molecule has 20 heavy (non-hydrogen) atoms. The van der Waals surface area contributed by atoms with Crippen LogP contribution < -0.4 is 4.72 Å². The Morgan fingerprint density at radius 3 is 2.25 bits per heavy atom. The Hall–Kier alpha value is -0.930. The van der Waals surface area contributed by atoms with Crippen molar-refractivity contribution in [3.8, 4) is 0 Å². The van der Waals surface area contributed by atoms with Crippen molar-refractivity contribution >= 4 is 42.8 Å². The second kappa shape index (κ2) is 5.82. The van der Waals surface area contributed by atoms with Gasteiger partial charge in [-0.1, -0.05) is 17.7 Å². The van der Waals surface area contributed by atoms with E-state index in [0.29, 0.717) is 5.02 Å². The fourth-order valence-corrected chi connectivity index (χ4v) is 5.15. The van der Waals surface area contributed by atoms with Crippen LogP contribution in [-0.2, 0) is 19.9 Å². The van der Waals surface area contributed by atoms with Gasteiger partial charge in [-0.05, 0) is 35.7 Å². The van der Waals surface area contributed by atoms with Crippen LogP contribution in [0.1, 0.15) is 0 Å². The fraction of sp³-hybridized carbons (Fsp3) is 0.0909. The van der Waals surface area contributed by atoms with Gasteiger partial charge in [-0.3, -0.25) is 0 Å². The lowest BCUT2D eigenvalue weighted by molar-refractivity contribution is 0.577. The van der Waals surface area contributed by atoms with Gasteiger partial charge in [0.1, 0.15) is 10.1 Å². The number of hydrogen-bond donors (Lipinski definition) is 1. The molecule has 0 aliphatic carbocycles. The molecule has 0 bridgehead atoms. The molecule has 0 amide bonds. The molecule has 2 rings (SSSR count). The minimum Gasteiger partial charge on any atom is -0.222 e.